The van der Waals surface area contributed by atoms with Crippen molar-refractivity contribution in [2.45, 2.75) is 18.4 Å². The standard InChI is InChI=1S/C17H19NO/c19-17(13-6-2-1-3-7-13)12-18-11-15-10-14-8-4-5-9-16(14)15/h1-9,15,17-19H,10-12H2. The van der Waals surface area contributed by atoms with Gasteiger partial charge in [-0.15, -0.1) is 0 Å². The van der Waals surface area contributed by atoms with Crippen molar-refractivity contribution >= 4 is 0 Å². The summed E-state index contributed by atoms with van der Waals surface area (Å²) in [4.78, 5) is 0. The normalized spacial score (nSPS) is 18.5. The zero-order valence-corrected chi connectivity index (χ0v) is 10.9. The van der Waals surface area contributed by atoms with Crippen LogP contribution in [0.5, 0.6) is 0 Å². The van der Waals surface area contributed by atoms with E-state index in [-0.39, 0.29) is 0 Å². The molecule has 0 bridgehead atoms. The molecule has 2 aromatic carbocycles. The van der Waals surface area contributed by atoms with Crippen LogP contribution in [0, 0.1) is 0 Å². The third-order valence-corrected chi connectivity index (χ3v) is 3.87. The van der Waals surface area contributed by atoms with Gasteiger partial charge in [-0.25, -0.2) is 0 Å². The number of aliphatic hydroxyl groups is 1. The van der Waals surface area contributed by atoms with Gasteiger partial charge in [0, 0.05) is 19.0 Å². The Morgan fingerprint density at radius 2 is 1.79 bits per heavy atom. The fourth-order valence-electron chi connectivity index (χ4n) is 2.73. The van der Waals surface area contributed by atoms with Crippen molar-refractivity contribution in [1.82, 2.24) is 5.32 Å². The van der Waals surface area contributed by atoms with Crippen LogP contribution >= 0.6 is 0 Å². The van der Waals surface area contributed by atoms with Gasteiger partial charge in [-0.1, -0.05) is 54.6 Å². The Morgan fingerprint density at radius 3 is 2.58 bits per heavy atom. The first-order chi connectivity index (χ1) is 9.34. The molecule has 1 aliphatic carbocycles. The predicted molar refractivity (Wildman–Crippen MR) is 77.2 cm³/mol. The first-order valence-electron chi connectivity index (χ1n) is 6.86. The van der Waals surface area contributed by atoms with Crippen LogP contribution in [-0.4, -0.2) is 18.2 Å². The highest BCUT2D eigenvalue weighted by atomic mass is 16.3. The topological polar surface area (TPSA) is 32.3 Å². The second-order valence-electron chi connectivity index (χ2n) is 5.18. The predicted octanol–water partition coefficient (Wildman–Crippen LogP) is 2.65. The smallest absolute Gasteiger partial charge is 0.0914 e. The fraction of sp³-hybridized carbons (Fsp3) is 0.294. The van der Waals surface area contributed by atoms with Crippen LogP contribution < -0.4 is 5.32 Å². The van der Waals surface area contributed by atoms with Gasteiger partial charge in [0.2, 0.25) is 0 Å². The maximum atomic E-state index is 10.1. The fourth-order valence-corrected chi connectivity index (χ4v) is 2.73. The van der Waals surface area contributed by atoms with E-state index in [1.165, 1.54) is 11.1 Å². The number of fused-ring (bicyclic) bond motifs is 1. The van der Waals surface area contributed by atoms with E-state index in [1.807, 2.05) is 30.3 Å². The molecule has 2 heteroatoms. The van der Waals surface area contributed by atoms with Gasteiger partial charge < -0.3 is 10.4 Å². The van der Waals surface area contributed by atoms with Crippen molar-refractivity contribution in [3.8, 4) is 0 Å². The molecule has 19 heavy (non-hydrogen) atoms. The van der Waals surface area contributed by atoms with E-state index in [0.717, 1.165) is 18.5 Å². The van der Waals surface area contributed by atoms with Crippen molar-refractivity contribution in [1.29, 1.82) is 0 Å². The van der Waals surface area contributed by atoms with Gasteiger partial charge in [0.15, 0.2) is 0 Å². The summed E-state index contributed by atoms with van der Waals surface area (Å²) in [5.41, 5.74) is 3.91. The molecule has 0 fully saturated rings. The number of rotatable bonds is 5. The Hall–Kier alpha value is -1.64. The van der Waals surface area contributed by atoms with Crippen LogP contribution in [0.2, 0.25) is 0 Å². The highest BCUT2D eigenvalue weighted by Crippen LogP contribution is 2.34. The van der Waals surface area contributed by atoms with E-state index in [0.29, 0.717) is 12.5 Å². The number of hydrogen-bond acceptors (Lipinski definition) is 2. The Morgan fingerprint density at radius 1 is 1.05 bits per heavy atom. The van der Waals surface area contributed by atoms with Crippen molar-refractivity contribution in [3.05, 3.63) is 71.3 Å². The van der Waals surface area contributed by atoms with Crippen molar-refractivity contribution in [3.63, 3.8) is 0 Å². The lowest BCUT2D eigenvalue weighted by Crippen LogP contribution is -2.31. The van der Waals surface area contributed by atoms with Crippen LogP contribution in [0.25, 0.3) is 0 Å². The Bertz CT molecular complexity index is 536. The Kier molecular flexibility index (Phi) is 3.62. The number of benzene rings is 2. The van der Waals surface area contributed by atoms with Gasteiger partial charge in [-0.2, -0.15) is 0 Å². The largest absolute Gasteiger partial charge is 0.387 e. The molecular weight excluding hydrogens is 234 g/mol. The molecular formula is C17H19NO. The molecule has 0 saturated heterocycles. The van der Waals surface area contributed by atoms with E-state index in [2.05, 4.69) is 29.6 Å². The lowest BCUT2D eigenvalue weighted by molar-refractivity contribution is 0.174. The van der Waals surface area contributed by atoms with Crippen LogP contribution in [0.3, 0.4) is 0 Å². The molecule has 2 nitrogen and oxygen atoms in total. The molecule has 0 spiro atoms. The third kappa shape index (κ3) is 2.70. The molecule has 0 saturated carbocycles. The monoisotopic (exact) mass is 253 g/mol. The second kappa shape index (κ2) is 5.55. The summed E-state index contributed by atoms with van der Waals surface area (Å²) in [7, 11) is 0. The van der Waals surface area contributed by atoms with Crippen LogP contribution in [-0.2, 0) is 6.42 Å². The molecule has 0 radical (unpaired) electrons. The molecule has 1 aliphatic rings. The Labute approximate surface area is 114 Å². The quantitative estimate of drug-likeness (QED) is 0.858. The van der Waals surface area contributed by atoms with Gasteiger partial charge in [0.05, 0.1) is 6.10 Å². The van der Waals surface area contributed by atoms with Crippen LogP contribution in [0.15, 0.2) is 54.6 Å². The summed E-state index contributed by atoms with van der Waals surface area (Å²) in [6.07, 6.45) is 0.737. The SMILES string of the molecule is OC(CNCC1Cc2ccccc21)c1ccccc1. The first kappa shape index (κ1) is 12.4. The molecule has 0 heterocycles. The van der Waals surface area contributed by atoms with E-state index < -0.39 is 6.10 Å². The molecule has 98 valence electrons. The molecule has 0 amide bonds. The Balaban J connectivity index is 1.48. The van der Waals surface area contributed by atoms with Crippen LogP contribution in [0.4, 0.5) is 0 Å². The maximum absolute atomic E-state index is 10.1. The highest BCUT2D eigenvalue weighted by Gasteiger charge is 2.24. The molecule has 0 aromatic heterocycles. The minimum atomic E-state index is -0.420. The minimum Gasteiger partial charge on any atom is -0.387 e. The summed E-state index contributed by atoms with van der Waals surface area (Å²) in [6, 6.07) is 18.4. The first-order valence-corrected chi connectivity index (χ1v) is 6.86. The summed E-state index contributed by atoms with van der Waals surface area (Å²) in [6.45, 7) is 1.56. The lowest BCUT2D eigenvalue weighted by atomic mass is 9.77. The van der Waals surface area contributed by atoms with Gasteiger partial charge in [0.1, 0.15) is 0 Å². The maximum Gasteiger partial charge on any atom is 0.0914 e. The summed E-state index contributed by atoms with van der Waals surface area (Å²) < 4.78 is 0. The average Bonchev–Trinajstić information content (AvgIpc) is 2.44. The van der Waals surface area contributed by atoms with Gasteiger partial charge in [-0.05, 0) is 23.1 Å². The van der Waals surface area contributed by atoms with Gasteiger partial charge in [0.25, 0.3) is 0 Å². The molecule has 2 unspecified atom stereocenters. The molecule has 2 atom stereocenters. The number of hydrogen-bond donors (Lipinski definition) is 2. The van der Waals surface area contributed by atoms with E-state index >= 15 is 0 Å². The lowest BCUT2D eigenvalue weighted by Gasteiger charge is -2.30. The number of nitrogens with one attached hydrogen (secondary N) is 1. The summed E-state index contributed by atoms with van der Waals surface area (Å²) >= 11 is 0. The summed E-state index contributed by atoms with van der Waals surface area (Å²) in [5.74, 6) is 0.610. The zero-order chi connectivity index (χ0) is 13.1. The molecule has 2 aromatic rings. The van der Waals surface area contributed by atoms with Crippen molar-refractivity contribution in [2.24, 2.45) is 0 Å². The molecule has 3 rings (SSSR count). The van der Waals surface area contributed by atoms with E-state index in [1.54, 1.807) is 0 Å². The molecule has 2 N–H and O–H groups in total. The highest BCUT2D eigenvalue weighted by molar-refractivity contribution is 5.40. The van der Waals surface area contributed by atoms with Crippen LogP contribution in [0.1, 0.15) is 28.7 Å². The van der Waals surface area contributed by atoms with E-state index in [9.17, 15) is 5.11 Å². The number of aliphatic hydroxyl groups excluding tert-OH is 1. The van der Waals surface area contributed by atoms with E-state index in [4.69, 9.17) is 0 Å². The zero-order valence-electron chi connectivity index (χ0n) is 10.9. The summed E-state index contributed by atoms with van der Waals surface area (Å²) in [5, 5.41) is 13.4. The van der Waals surface area contributed by atoms with Crippen molar-refractivity contribution in [2.75, 3.05) is 13.1 Å². The second-order valence-corrected chi connectivity index (χ2v) is 5.18. The van der Waals surface area contributed by atoms with Gasteiger partial charge >= 0.3 is 0 Å². The van der Waals surface area contributed by atoms with Gasteiger partial charge in [-0.3, -0.25) is 0 Å². The van der Waals surface area contributed by atoms with Crippen molar-refractivity contribution < 1.29 is 5.11 Å². The average molecular weight is 253 g/mol. The molecule has 0 aliphatic heterocycles. The third-order valence-electron chi connectivity index (χ3n) is 3.87. The minimum absolute atomic E-state index is 0.420.